The van der Waals surface area contributed by atoms with Crippen LogP contribution in [0, 0.1) is 0 Å². The topological polar surface area (TPSA) is 64.5 Å². The summed E-state index contributed by atoms with van der Waals surface area (Å²) in [7, 11) is 0. The van der Waals surface area contributed by atoms with Crippen molar-refractivity contribution in [2.75, 3.05) is 0 Å². The minimum absolute atomic E-state index is 0.616. The molecule has 0 amide bonds. The zero-order chi connectivity index (χ0) is 39.8. The second-order valence-electron chi connectivity index (χ2n) is 14.9. The van der Waals surface area contributed by atoms with Crippen LogP contribution in [0.25, 0.3) is 112 Å². The molecule has 2 aromatic heterocycles. The summed E-state index contributed by atoms with van der Waals surface area (Å²) in [5.74, 6) is 2.57. The molecule has 0 atom stereocenters. The maximum Gasteiger partial charge on any atom is 0.164 e. The average Bonchev–Trinajstić information content (AvgIpc) is 3.34. The quantitative estimate of drug-likeness (QED) is 0.151. The van der Waals surface area contributed by atoms with E-state index < -0.39 is 0 Å². The molecule has 2 heterocycles. The summed E-state index contributed by atoms with van der Waals surface area (Å²) in [6.07, 6.45) is 0. The van der Waals surface area contributed by atoms with Crippen LogP contribution in [0.2, 0.25) is 0 Å². The first-order chi connectivity index (χ1) is 29.7. The molecule has 0 unspecified atom stereocenters. The van der Waals surface area contributed by atoms with E-state index in [0.717, 1.165) is 55.9 Å². The van der Waals surface area contributed by atoms with E-state index in [1.165, 1.54) is 32.3 Å². The van der Waals surface area contributed by atoms with Crippen LogP contribution in [0.4, 0.5) is 0 Å². The highest BCUT2D eigenvalue weighted by Gasteiger charge is 2.16. The molecule has 0 N–H and O–H groups in total. The molecular weight excluding hydrogens is 731 g/mol. The normalized spacial score (nSPS) is 11.3. The highest BCUT2D eigenvalue weighted by molar-refractivity contribution is 6.25. The Bertz CT molecular complexity index is 3260. The molecule has 0 radical (unpaired) electrons. The van der Waals surface area contributed by atoms with Crippen molar-refractivity contribution >= 4 is 32.3 Å². The van der Waals surface area contributed by atoms with Crippen LogP contribution >= 0.6 is 0 Å². The molecule has 0 aliphatic heterocycles. The molecule has 0 saturated carbocycles. The van der Waals surface area contributed by atoms with Gasteiger partial charge in [0.2, 0.25) is 0 Å². The molecule has 0 spiro atoms. The summed E-state index contributed by atoms with van der Waals surface area (Å²) < 4.78 is 0. The molecule has 280 valence electrons. The molecule has 11 aromatic rings. The lowest BCUT2D eigenvalue weighted by Crippen LogP contribution is -2.00. The molecule has 5 nitrogen and oxygen atoms in total. The van der Waals surface area contributed by atoms with Crippen molar-refractivity contribution in [3.8, 4) is 79.2 Å². The number of nitrogens with zero attached hydrogens (tertiary/aromatic N) is 5. The minimum Gasteiger partial charge on any atom is -0.228 e. The monoisotopic (exact) mass is 765 g/mol. The van der Waals surface area contributed by atoms with Gasteiger partial charge in [0.25, 0.3) is 0 Å². The summed E-state index contributed by atoms with van der Waals surface area (Å²) in [5.41, 5.74) is 9.71. The molecule has 0 aliphatic rings. The minimum atomic E-state index is 0.616. The standard InChI is InChI=1S/C55H35N5/c1-4-15-37(16-5-1)50-35-51(57-52(56-50)38-17-6-2-7-18-38)42-22-14-21-41(33-42)36-27-29-40(30-28-36)54-58-53(39-19-8-3-9-20-39)59-55(60-54)43-31-32-48-46-25-11-10-23-44(46)45-24-12-13-26-47(45)49(48)34-43/h1-35H. The van der Waals surface area contributed by atoms with Gasteiger partial charge in [-0.1, -0.05) is 194 Å². The Labute approximate surface area is 347 Å². The molecule has 60 heavy (non-hydrogen) atoms. The summed E-state index contributed by atoms with van der Waals surface area (Å²) in [4.78, 5) is 25.3. The van der Waals surface area contributed by atoms with Crippen LogP contribution in [0.5, 0.6) is 0 Å². The van der Waals surface area contributed by atoms with E-state index in [1.54, 1.807) is 0 Å². The van der Waals surface area contributed by atoms with Crippen LogP contribution in [0.3, 0.4) is 0 Å². The third-order valence-corrected chi connectivity index (χ3v) is 11.1. The van der Waals surface area contributed by atoms with Crippen molar-refractivity contribution < 1.29 is 0 Å². The molecule has 0 aliphatic carbocycles. The van der Waals surface area contributed by atoms with Crippen molar-refractivity contribution in [1.82, 2.24) is 24.9 Å². The molecule has 11 rings (SSSR count). The van der Waals surface area contributed by atoms with E-state index in [9.17, 15) is 0 Å². The SMILES string of the molecule is c1ccc(-c2cc(-c3cccc(-c4ccc(-c5nc(-c6ccccc6)nc(-c6ccc7c8ccccc8c8ccccc8c7c6)n5)cc4)c3)nc(-c3ccccc3)n2)cc1. The fraction of sp³-hybridized carbons (Fsp3) is 0. The first-order valence-corrected chi connectivity index (χ1v) is 20.1. The molecule has 0 fully saturated rings. The summed E-state index contributed by atoms with van der Waals surface area (Å²) in [6, 6.07) is 73.5. The highest BCUT2D eigenvalue weighted by Crippen LogP contribution is 2.37. The van der Waals surface area contributed by atoms with E-state index in [-0.39, 0.29) is 0 Å². The first kappa shape index (κ1) is 35.0. The van der Waals surface area contributed by atoms with Crippen molar-refractivity contribution in [3.05, 3.63) is 212 Å². The van der Waals surface area contributed by atoms with Crippen LogP contribution in [-0.2, 0) is 0 Å². The maximum atomic E-state index is 5.13. The number of aromatic nitrogens is 5. The van der Waals surface area contributed by atoms with Gasteiger partial charge in [0, 0.05) is 33.4 Å². The Morgan fingerprint density at radius 1 is 0.183 bits per heavy atom. The Morgan fingerprint density at radius 3 is 1.12 bits per heavy atom. The maximum absolute atomic E-state index is 5.13. The largest absolute Gasteiger partial charge is 0.228 e. The van der Waals surface area contributed by atoms with E-state index in [2.05, 4.69) is 146 Å². The third kappa shape index (κ3) is 6.54. The lowest BCUT2D eigenvalue weighted by Gasteiger charge is -2.13. The van der Waals surface area contributed by atoms with Gasteiger partial charge >= 0.3 is 0 Å². The Balaban J connectivity index is 0.982. The van der Waals surface area contributed by atoms with E-state index in [0.29, 0.717) is 23.3 Å². The van der Waals surface area contributed by atoms with Gasteiger partial charge in [-0.15, -0.1) is 0 Å². The van der Waals surface area contributed by atoms with Crippen LogP contribution in [-0.4, -0.2) is 24.9 Å². The number of rotatable bonds is 7. The Hall–Kier alpha value is -8.15. The number of hydrogen-bond donors (Lipinski definition) is 0. The van der Waals surface area contributed by atoms with Gasteiger partial charge < -0.3 is 0 Å². The molecular formula is C55H35N5. The Morgan fingerprint density at radius 2 is 0.550 bits per heavy atom. The van der Waals surface area contributed by atoms with E-state index >= 15 is 0 Å². The van der Waals surface area contributed by atoms with Gasteiger partial charge in [0.05, 0.1) is 11.4 Å². The van der Waals surface area contributed by atoms with Crippen LogP contribution in [0.15, 0.2) is 212 Å². The number of benzene rings is 9. The predicted molar refractivity (Wildman–Crippen MR) is 246 cm³/mol. The summed E-state index contributed by atoms with van der Waals surface area (Å²) in [5, 5.41) is 7.30. The van der Waals surface area contributed by atoms with Crippen molar-refractivity contribution in [1.29, 1.82) is 0 Å². The molecule has 5 heteroatoms. The van der Waals surface area contributed by atoms with Gasteiger partial charge in [-0.05, 0) is 61.6 Å². The average molecular weight is 766 g/mol. The van der Waals surface area contributed by atoms with E-state index in [1.807, 2.05) is 66.7 Å². The zero-order valence-corrected chi connectivity index (χ0v) is 32.4. The van der Waals surface area contributed by atoms with Gasteiger partial charge in [-0.25, -0.2) is 24.9 Å². The van der Waals surface area contributed by atoms with Crippen LogP contribution < -0.4 is 0 Å². The second kappa shape index (κ2) is 15.0. The Kier molecular flexibility index (Phi) is 8.75. The fourth-order valence-corrected chi connectivity index (χ4v) is 8.14. The molecule has 0 saturated heterocycles. The highest BCUT2D eigenvalue weighted by atomic mass is 15.0. The van der Waals surface area contributed by atoms with Crippen molar-refractivity contribution in [3.63, 3.8) is 0 Å². The lowest BCUT2D eigenvalue weighted by molar-refractivity contribution is 1.07. The predicted octanol–water partition coefficient (Wildman–Crippen LogP) is 13.8. The van der Waals surface area contributed by atoms with Crippen molar-refractivity contribution in [2.24, 2.45) is 0 Å². The number of fused-ring (bicyclic) bond motifs is 6. The van der Waals surface area contributed by atoms with E-state index in [4.69, 9.17) is 24.9 Å². The summed E-state index contributed by atoms with van der Waals surface area (Å²) in [6.45, 7) is 0. The van der Waals surface area contributed by atoms with Gasteiger partial charge in [0.1, 0.15) is 0 Å². The van der Waals surface area contributed by atoms with Crippen LogP contribution in [0.1, 0.15) is 0 Å². The zero-order valence-electron chi connectivity index (χ0n) is 32.4. The molecule has 0 bridgehead atoms. The number of hydrogen-bond acceptors (Lipinski definition) is 5. The summed E-state index contributed by atoms with van der Waals surface area (Å²) >= 11 is 0. The second-order valence-corrected chi connectivity index (χ2v) is 14.9. The molecule has 9 aromatic carbocycles. The fourth-order valence-electron chi connectivity index (χ4n) is 8.14. The van der Waals surface area contributed by atoms with Gasteiger partial charge in [-0.2, -0.15) is 0 Å². The van der Waals surface area contributed by atoms with Crippen molar-refractivity contribution in [2.45, 2.75) is 0 Å². The van der Waals surface area contributed by atoms with Gasteiger partial charge in [0.15, 0.2) is 23.3 Å². The smallest absolute Gasteiger partial charge is 0.164 e. The third-order valence-electron chi connectivity index (χ3n) is 11.1. The first-order valence-electron chi connectivity index (χ1n) is 20.1. The van der Waals surface area contributed by atoms with Gasteiger partial charge in [-0.3, -0.25) is 0 Å². The lowest BCUT2D eigenvalue weighted by atomic mass is 9.93.